The zero-order valence-electron chi connectivity index (χ0n) is 10.3. The van der Waals surface area contributed by atoms with E-state index in [1.807, 2.05) is 11.6 Å². The number of hydrogen-bond acceptors (Lipinski definition) is 2. The second kappa shape index (κ2) is 4.68. The van der Waals surface area contributed by atoms with Crippen molar-refractivity contribution in [1.82, 2.24) is 9.78 Å². The highest BCUT2D eigenvalue weighted by molar-refractivity contribution is 14.1. The first-order valence-electron chi connectivity index (χ1n) is 5.53. The zero-order valence-corrected chi connectivity index (χ0v) is 12.4. The Balaban J connectivity index is 2.34. The summed E-state index contributed by atoms with van der Waals surface area (Å²) >= 11 is 2.24. The normalized spacial score (nSPS) is 10.8. The average Bonchev–Trinajstić information content (AvgIpc) is 2.50. The van der Waals surface area contributed by atoms with Crippen LogP contribution in [-0.2, 0) is 6.54 Å². The van der Waals surface area contributed by atoms with Gasteiger partial charge < -0.3 is 5.73 Å². The first-order valence-corrected chi connectivity index (χ1v) is 6.61. The van der Waals surface area contributed by atoms with Gasteiger partial charge in [-0.05, 0) is 54.5 Å². The van der Waals surface area contributed by atoms with Gasteiger partial charge in [-0.25, -0.2) is 4.68 Å². The van der Waals surface area contributed by atoms with Crippen LogP contribution >= 0.6 is 22.6 Å². The van der Waals surface area contributed by atoms with Crippen molar-refractivity contribution < 1.29 is 0 Å². The number of nitrogens with zero attached hydrogens (tertiary/aromatic N) is 2. The van der Waals surface area contributed by atoms with E-state index >= 15 is 0 Å². The number of nitrogen functional groups attached to an aromatic ring is 1. The van der Waals surface area contributed by atoms with Crippen molar-refractivity contribution in [3.05, 3.63) is 44.2 Å². The topological polar surface area (TPSA) is 43.8 Å². The monoisotopic (exact) mass is 341 g/mol. The molecular weight excluding hydrogens is 325 g/mol. The van der Waals surface area contributed by atoms with E-state index in [0.717, 1.165) is 21.6 Å². The highest BCUT2D eigenvalue weighted by Crippen LogP contribution is 2.20. The summed E-state index contributed by atoms with van der Waals surface area (Å²) in [5.74, 6) is 0.753. The van der Waals surface area contributed by atoms with Gasteiger partial charge in [0.05, 0.1) is 15.8 Å². The number of hydrogen-bond donors (Lipinski definition) is 1. The van der Waals surface area contributed by atoms with Crippen molar-refractivity contribution in [2.75, 3.05) is 5.73 Å². The minimum atomic E-state index is 0.738. The summed E-state index contributed by atoms with van der Waals surface area (Å²) in [6.45, 7) is 6.95. The summed E-state index contributed by atoms with van der Waals surface area (Å²) in [6.07, 6.45) is 0. The van der Waals surface area contributed by atoms with Gasteiger partial charge in [0.1, 0.15) is 5.82 Å². The molecule has 0 amide bonds. The Bertz CT molecular complexity index is 558. The van der Waals surface area contributed by atoms with E-state index in [4.69, 9.17) is 5.73 Å². The van der Waals surface area contributed by atoms with Gasteiger partial charge >= 0.3 is 0 Å². The number of aryl methyl sites for hydroxylation is 3. The van der Waals surface area contributed by atoms with Crippen LogP contribution < -0.4 is 5.73 Å². The molecular formula is C13H16IN3. The van der Waals surface area contributed by atoms with Crippen LogP contribution in [0.3, 0.4) is 0 Å². The van der Waals surface area contributed by atoms with Gasteiger partial charge in [0.15, 0.2) is 0 Å². The summed E-state index contributed by atoms with van der Waals surface area (Å²) in [7, 11) is 0. The van der Waals surface area contributed by atoms with Gasteiger partial charge in [-0.15, -0.1) is 0 Å². The third-order valence-corrected chi connectivity index (χ3v) is 4.24. The molecule has 0 aliphatic carbocycles. The first-order chi connectivity index (χ1) is 7.99. The Hall–Kier alpha value is -1.04. The molecule has 17 heavy (non-hydrogen) atoms. The summed E-state index contributed by atoms with van der Waals surface area (Å²) in [5.41, 5.74) is 10.9. The Morgan fingerprint density at radius 3 is 2.53 bits per heavy atom. The molecule has 2 rings (SSSR count). The summed E-state index contributed by atoms with van der Waals surface area (Å²) < 4.78 is 2.92. The molecule has 1 aromatic carbocycles. The number of anilines is 1. The van der Waals surface area contributed by atoms with Gasteiger partial charge in [-0.2, -0.15) is 5.10 Å². The number of aromatic nitrogens is 2. The molecule has 1 aromatic heterocycles. The lowest BCUT2D eigenvalue weighted by Crippen LogP contribution is -2.07. The maximum absolute atomic E-state index is 6.02. The van der Waals surface area contributed by atoms with E-state index < -0.39 is 0 Å². The van der Waals surface area contributed by atoms with Crippen LogP contribution in [0, 0.1) is 24.3 Å². The quantitative estimate of drug-likeness (QED) is 0.854. The standard InChI is InChI=1S/C13H16IN3/c1-8-4-5-11(9(2)6-8)7-17-13(15)12(14)10(3)16-17/h4-6H,7,15H2,1-3H3. The van der Waals surface area contributed by atoms with Crippen molar-refractivity contribution in [3.63, 3.8) is 0 Å². The van der Waals surface area contributed by atoms with Crippen LogP contribution in [-0.4, -0.2) is 9.78 Å². The highest BCUT2D eigenvalue weighted by atomic mass is 127. The number of halogens is 1. The van der Waals surface area contributed by atoms with Crippen LogP contribution in [0.25, 0.3) is 0 Å². The summed E-state index contributed by atoms with van der Waals surface area (Å²) in [4.78, 5) is 0. The Morgan fingerprint density at radius 1 is 1.29 bits per heavy atom. The fourth-order valence-electron chi connectivity index (χ4n) is 1.88. The van der Waals surface area contributed by atoms with E-state index in [2.05, 4.69) is 59.7 Å². The van der Waals surface area contributed by atoms with Crippen molar-refractivity contribution in [2.24, 2.45) is 0 Å². The fourth-order valence-corrected chi connectivity index (χ4v) is 2.27. The molecule has 1 heterocycles. The lowest BCUT2D eigenvalue weighted by Gasteiger charge is -2.08. The molecule has 3 nitrogen and oxygen atoms in total. The third-order valence-electron chi connectivity index (χ3n) is 2.91. The molecule has 2 N–H and O–H groups in total. The van der Waals surface area contributed by atoms with Crippen molar-refractivity contribution >= 4 is 28.4 Å². The lowest BCUT2D eigenvalue weighted by molar-refractivity contribution is 0.686. The van der Waals surface area contributed by atoms with Crippen molar-refractivity contribution in [1.29, 1.82) is 0 Å². The Kier molecular flexibility index (Phi) is 3.42. The predicted octanol–water partition coefficient (Wildman–Crippen LogP) is 3.04. The van der Waals surface area contributed by atoms with E-state index in [1.54, 1.807) is 0 Å². The second-order valence-electron chi connectivity index (χ2n) is 4.37. The lowest BCUT2D eigenvalue weighted by atomic mass is 10.1. The molecule has 2 aromatic rings. The van der Waals surface area contributed by atoms with Crippen LogP contribution in [0.4, 0.5) is 5.82 Å². The second-order valence-corrected chi connectivity index (χ2v) is 5.45. The van der Waals surface area contributed by atoms with Gasteiger partial charge in [0, 0.05) is 0 Å². The molecule has 0 saturated heterocycles. The first kappa shape index (κ1) is 12.4. The fraction of sp³-hybridized carbons (Fsp3) is 0.308. The van der Waals surface area contributed by atoms with Crippen LogP contribution in [0.5, 0.6) is 0 Å². The maximum atomic E-state index is 6.02. The minimum absolute atomic E-state index is 0.738. The predicted molar refractivity (Wildman–Crippen MR) is 79.1 cm³/mol. The zero-order chi connectivity index (χ0) is 12.6. The summed E-state index contributed by atoms with van der Waals surface area (Å²) in [5, 5.41) is 4.45. The smallest absolute Gasteiger partial charge is 0.135 e. The number of nitrogens with two attached hydrogens (primary N) is 1. The SMILES string of the molecule is Cc1ccc(Cn2nc(C)c(I)c2N)c(C)c1. The van der Waals surface area contributed by atoms with E-state index in [1.165, 1.54) is 16.7 Å². The molecule has 0 unspecified atom stereocenters. The molecule has 0 saturated carbocycles. The van der Waals surface area contributed by atoms with Gasteiger partial charge in [0.2, 0.25) is 0 Å². The molecule has 0 radical (unpaired) electrons. The minimum Gasteiger partial charge on any atom is -0.383 e. The molecule has 0 spiro atoms. The molecule has 0 aliphatic heterocycles. The molecule has 4 heteroatoms. The van der Waals surface area contributed by atoms with Crippen molar-refractivity contribution in [3.8, 4) is 0 Å². The highest BCUT2D eigenvalue weighted by Gasteiger charge is 2.10. The Labute approximate surface area is 115 Å². The summed E-state index contributed by atoms with van der Waals surface area (Å²) in [6, 6.07) is 6.46. The van der Waals surface area contributed by atoms with E-state index in [0.29, 0.717) is 0 Å². The largest absolute Gasteiger partial charge is 0.383 e. The molecule has 0 fully saturated rings. The van der Waals surface area contributed by atoms with Crippen molar-refractivity contribution in [2.45, 2.75) is 27.3 Å². The molecule has 0 aliphatic rings. The molecule has 0 atom stereocenters. The van der Waals surface area contributed by atoms with E-state index in [-0.39, 0.29) is 0 Å². The maximum Gasteiger partial charge on any atom is 0.135 e. The third kappa shape index (κ3) is 2.46. The number of rotatable bonds is 2. The average molecular weight is 341 g/mol. The van der Waals surface area contributed by atoms with Gasteiger partial charge in [0.25, 0.3) is 0 Å². The van der Waals surface area contributed by atoms with Gasteiger partial charge in [-0.1, -0.05) is 23.8 Å². The van der Waals surface area contributed by atoms with Gasteiger partial charge in [-0.3, -0.25) is 0 Å². The molecule has 0 bridgehead atoms. The van der Waals surface area contributed by atoms with Crippen LogP contribution in [0.1, 0.15) is 22.4 Å². The van der Waals surface area contributed by atoms with Crippen LogP contribution in [0.2, 0.25) is 0 Å². The number of benzene rings is 1. The Morgan fingerprint density at radius 2 is 2.00 bits per heavy atom. The van der Waals surface area contributed by atoms with E-state index in [9.17, 15) is 0 Å². The van der Waals surface area contributed by atoms with Crippen LogP contribution in [0.15, 0.2) is 18.2 Å². The molecule has 90 valence electrons.